The van der Waals surface area contributed by atoms with Gasteiger partial charge in [-0.3, -0.25) is 0 Å². The third-order valence-corrected chi connectivity index (χ3v) is 3.20. The summed E-state index contributed by atoms with van der Waals surface area (Å²) in [5.41, 5.74) is 0. The molecule has 0 spiro atoms. The smallest absolute Gasteiger partial charge is 0.322 e. The van der Waals surface area contributed by atoms with Crippen molar-refractivity contribution in [3.63, 3.8) is 0 Å². The monoisotopic (exact) mass is 300 g/mol. The minimum atomic E-state index is -0.00504. The highest BCUT2D eigenvalue weighted by Gasteiger charge is 2.21. The van der Waals surface area contributed by atoms with Crippen LogP contribution < -0.4 is 9.64 Å². The van der Waals surface area contributed by atoms with Crippen molar-refractivity contribution in [3.05, 3.63) is 5.28 Å². The maximum atomic E-state index is 5.95. The Balaban J connectivity index is 2.13. The van der Waals surface area contributed by atoms with Crippen LogP contribution in [0.5, 0.6) is 6.01 Å². The predicted molar refractivity (Wildman–Crippen MR) is 77.5 cm³/mol. The van der Waals surface area contributed by atoms with Crippen LogP contribution in [0.15, 0.2) is 0 Å². The summed E-state index contributed by atoms with van der Waals surface area (Å²) in [6.07, 6.45) is 2.42. The number of hydrogen-bond donors (Lipinski definition) is 0. The van der Waals surface area contributed by atoms with Crippen molar-refractivity contribution in [1.82, 2.24) is 15.0 Å². The Morgan fingerprint density at radius 1 is 1.40 bits per heavy atom. The molecule has 0 N–H and O–H groups in total. The summed E-state index contributed by atoms with van der Waals surface area (Å²) < 4.78 is 11.2. The van der Waals surface area contributed by atoms with Crippen molar-refractivity contribution in [2.45, 2.75) is 45.8 Å². The van der Waals surface area contributed by atoms with E-state index in [2.05, 4.69) is 21.9 Å². The topological polar surface area (TPSA) is 60.4 Å². The highest BCUT2D eigenvalue weighted by molar-refractivity contribution is 6.28. The van der Waals surface area contributed by atoms with Crippen LogP contribution in [-0.4, -0.2) is 46.9 Å². The van der Waals surface area contributed by atoms with E-state index in [0.717, 1.165) is 32.5 Å². The average Bonchev–Trinajstić information content (AvgIpc) is 2.87. The zero-order valence-corrected chi connectivity index (χ0v) is 12.9. The standard InChI is InChI=1S/C13H21ClN4O2/c1-4-18(8-10-6-5-7-19-10)12-15-11(14)16-13(17-12)20-9(2)3/h9-10H,4-8H2,1-3H3. The van der Waals surface area contributed by atoms with Gasteiger partial charge in [0.25, 0.3) is 0 Å². The Hall–Kier alpha value is -1.14. The molecule has 1 unspecified atom stereocenters. The van der Waals surface area contributed by atoms with Gasteiger partial charge in [-0.1, -0.05) is 0 Å². The number of halogens is 1. The molecule has 20 heavy (non-hydrogen) atoms. The molecule has 0 saturated carbocycles. The normalized spacial score (nSPS) is 18.6. The molecule has 7 heteroatoms. The Morgan fingerprint density at radius 3 is 2.80 bits per heavy atom. The van der Waals surface area contributed by atoms with Crippen molar-refractivity contribution < 1.29 is 9.47 Å². The molecule has 1 aliphatic rings. The van der Waals surface area contributed by atoms with E-state index in [1.54, 1.807) is 0 Å². The second-order valence-electron chi connectivity index (χ2n) is 5.03. The van der Waals surface area contributed by atoms with Gasteiger partial charge in [0.05, 0.1) is 12.2 Å². The molecule has 1 saturated heterocycles. The zero-order chi connectivity index (χ0) is 14.5. The molecule has 0 aromatic carbocycles. The van der Waals surface area contributed by atoms with E-state index in [4.69, 9.17) is 21.1 Å². The van der Waals surface area contributed by atoms with E-state index in [-0.39, 0.29) is 23.5 Å². The van der Waals surface area contributed by atoms with Crippen LogP contribution in [0.2, 0.25) is 5.28 Å². The van der Waals surface area contributed by atoms with Gasteiger partial charge in [0.2, 0.25) is 11.2 Å². The SMILES string of the molecule is CCN(CC1CCCO1)c1nc(Cl)nc(OC(C)C)n1. The second kappa shape index (κ2) is 7.04. The number of anilines is 1. The summed E-state index contributed by atoms with van der Waals surface area (Å²) in [4.78, 5) is 14.5. The van der Waals surface area contributed by atoms with Crippen molar-refractivity contribution in [2.24, 2.45) is 0 Å². The van der Waals surface area contributed by atoms with Crippen molar-refractivity contribution in [3.8, 4) is 6.01 Å². The van der Waals surface area contributed by atoms with Gasteiger partial charge < -0.3 is 14.4 Å². The predicted octanol–water partition coefficient (Wildman–Crippen LogP) is 2.32. The Morgan fingerprint density at radius 2 is 2.20 bits per heavy atom. The van der Waals surface area contributed by atoms with Crippen LogP contribution in [-0.2, 0) is 4.74 Å². The number of likely N-dealkylation sites (N-methyl/N-ethyl adjacent to an activating group) is 1. The molecule has 1 aromatic heterocycles. The lowest BCUT2D eigenvalue weighted by Crippen LogP contribution is -2.33. The van der Waals surface area contributed by atoms with Crippen molar-refractivity contribution in [1.29, 1.82) is 0 Å². The van der Waals surface area contributed by atoms with E-state index in [1.807, 2.05) is 18.7 Å². The molecule has 112 valence electrons. The average molecular weight is 301 g/mol. The van der Waals surface area contributed by atoms with Crippen LogP contribution in [0.3, 0.4) is 0 Å². The molecular formula is C13H21ClN4O2. The maximum Gasteiger partial charge on any atom is 0.322 e. The molecule has 0 radical (unpaired) electrons. The van der Waals surface area contributed by atoms with Gasteiger partial charge in [0, 0.05) is 19.7 Å². The maximum absolute atomic E-state index is 5.95. The number of aromatic nitrogens is 3. The van der Waals surface area contributed by atoms with Gasteiger partial charge >= 0.3 is 6.01 Å². The van der Waals surface area contributed by atoms with Crippen LogP contribution >= 0.6 is 11.6 Å². The van der Waals surface area contributed by atoms with E-state index < -0.39 is 0 Å². The molecule has 2 rings (SSSR count). The highest BCUT2D eigenvalue weighted by Crippen LogP contribution is 2.19. The molecule has 1 fully saturated rings. The fourth-order valence-corrected chi connectivity index (χ4v) is 2.26. The summed E-state index contributed by atoms with van der Waals surface area (Å²) in [6, 6.07) is 0.265. The number of rotatable bonds is 6. The lowest BCUT2D eigenvalue weighted by atomic mass is 10.2. The fourth-order valence-electron chi connectivity index (χ4n) is 2.11. The second-order valence-corrected chi connectivity index (χ2v) is 5.37. The highest BCUT2D eigenvalue weighted by atomic mass is 35.5. The molecule has 0 aliphatic carbocycles. The first-order chi connectivity index (χ1) is 9.58. The first-order valence-electron chi connectivity index (χ1n) is 7.03. The summed E-state index contributed by atoms with van der Waals surface area (Å²) in [6.45, 7) is 8.26. The van der Waals surface area contributed by atoms with Gasteiger partial charge in [-0.15, -0.1) is 0 Å². The van der Waals surface area contributed by atoms with Crippen LogP contribution in [0.1, 0.15) is 33.6 Å². The molecule has 0 amide bonds. The van der Waals surface area contributed by atoms with E-state index in [9.17, 15) is 0 Å². The number of nitrogens with zero attached hydrogens (tertiary/aromatic N) is 4. The van der Waals surface area contributed by atoms with E-state index in [1.165, 1.54) is 0 Å². The van der Waals surface area contributed by atoms with Gasteiger partial charge in [-0.2, -0.15) is 15.0 Å². The van der Waals surface area contributed by atoms with Crippen molar-refractivity contribution >= 4 is 17.5 Å². The molecule has 2 heterocycles. The number of ether oxygens (including phenoxy) is 2. The van der Waals surface area contributed by atoms with Gasteiger partial charge in [0.1, 0.15) is 0 Å². The quantitative estimate of drug-likeness (QED) is 0.803. The Labute approximate surface area is 124 Å². The Bertz CT molecular complexity index is 438. The first kappa shape index (κ1) is 15.3. The fraction of sp³-hybridized carbons (Fsp3) is 0.769. The molecule has 1 aliphatic heterocycles. The summed E-state index contributed by atoms with van der Waals surface area (Å²) in [5, 5.41) is 0.149. The van der Waals surface area contributed by atoms with Gasteiger partial charge in [-0.25, -0.2) is 0 Å². The van der Waals surface area contributed by atoms with Crippen LogP contribution in [0, 0.1) is 0 Å². The minimum absolute atomic E-state index is 0.00504. The molecule has 6 nitrogen and oxygen atoms in total. The van der Waals surface area contributed by atoms with Crippen molar-refractivity contribution in [2.75, 3.05) is 24.6 Å². The molecular weight excluding hydrogens is 280 g/mol. The van der Waals surface area contributed by atoms with Crippen LogP contribution in [0.4, 0.5) is 5.95 Å². The third kappa shape index (κ3) is 4.18. The Kier molecular flexibility index (Phi) is 5.37. The van der Waals surface area contributed by atoms with Crippen LogP contribution in [0.25, 0.3) is 0 Å². The summed E-state index contributed by atoms with van der Waals surface area (Å²) in [5.74, 6) is 0.540. The number of hydrogen-bond acceptors (Lipinski definition) is 6. The lowest BCUT2D eigenvalue weighted by Gasteiger charge is -2.24. The van der Waals surface area contributed by atoms with Gasteiger partial charge in [-0.05, 0) is 45.2 Å². The largest absolute Gasteiger partial charge is 0.461 e. The third-order valence-electron chi connectivity index (χ3n) is 3.03. The summed E-state index contributed by atoms with van der Waals surface area (Å²) in [7, 11) is 0. The van der Waals surface area contributed by atoms with E-state index in [0.29, 0.717) is 5.95 Å². The van der Waals surface area contributed by atoms with Gasteiger partial charge in [0.15, 0.2) is 0 Å². The zero-order valence-electron chi connectivity index (χ0n) is 12.2. The first-order valence-corrected chi connectivity index (χ1v) is 7.41. The molecule has 1 aromatic rings. The van der Waals surface area contributed by atoms with E-state index >= 15 is 0 Å². The minimum Gasteiger partial charge on any atom is -0.461 e. The molecule has 1 atom stereocenters. The summed E-state index contributed by atoms with van der Waals surface area (Å²) >= 11 is 5.95. The lowest BCUT2D eigenvalue weighted by molar-refractivity contribution is 0.115. The molecule has 0 bridgehead atoms.